The fraction of sp³-hybridized carbons (Fsp3) is 0. The van der Waals surface area contributed by atoms with Gasteiger partial charge in [-0.2, -0.15) is 9.97 Å². The monoisotopic (exact) mass is 605 g/mol. The molecular weight excluding hydrogens is 582 g/mol. The number of aromatic nitrogens is 5. The molecule has 0 amide bonds. The van der Waals surface area contributed by atoms with Crippen molar-refractivity contribution in [2.75, 3.05) is 0 Å². The van der Waals surface area contributed by atoms with Crippen LogP contribution in [0.2, 0.25) is 0 Å². The van der Waals surface area contributed by atoms with E-state index < -0.39 is 0 Å². The molecule has 0 aliphatic carbocycles. The number of oxazole rings is 1. The predicted molar refractivity (Wildman–Crippen MR) is 185 cm³/mol. The van der Waals surface area contributed by atoms with E-state index in [1.807, 2.05) is 97.1 Å². The van der Waals surface area contributed by atoms with E-state index in [-0.39, 0.29) is 0 Å². The van der Waals surface area contributed by atoms with Crippen LogP contribution in [-0.2, 0) is 0 Å². The van der Waals surface area contributed by atoms with Gasteiger partial charge in [-0.3, -0.25) is 4.57 Å². The summed E-state index contributed by atoms with van der Waals surface area (Å²) in [4.78, 5) is 20.2. The van der Waals surface area contributed by atoms with E-state index in [1.165, 1.54) is 0 Å². The van der Waals surface area contributed by atoms with Gasteiger partial charge in [0.1, 0.15) is 16.7 Å². The van der Waals surface area contributed by atoms with E-state index >= 15 is 0 Å². The van der Waals surface area contributed by atoms with Gasteiger partial charge in [0.05, 0.1) is 11.0 Å². The summed E-state index contributed by atoms with van der Waals surface area (Å²) in [7, 11) is 0. The van der Waals surface area contributed by atoms with Crippen molar-refractivity contribution in [3.05, 3.63) is 140 Å². The summed E-state index contributed by atoms with van der Waals surface area (Å²) in [6, 6.07) is 46.6. The molecule has 0 spiro atoms. The van der Waals surface area contributed by atoms with Gasteiger partial charge < -0.3 is 8.83 Å². The van der Waals surface area contributed by atoms with Crippen molar-refractivity contribution in [3.63, 3.8) is 0 Å². The highest BCUT2D eigenvalue weighted by Gasteiger charge is 2.21. The van der Waals surface area contributed by atoms with Crippen LogP contribution in [0.25, 0.3) is 95.0 Å². The zero-order valence-electron chi connectivity index (χ0n) is 24.8. The van der Waals surface area contributed by atoms with E-state index in [0.29, 0.717) is 29.1 Å². The second kappa shape index (κ2) is 9.95. The maximum Gasteiger partial charge on any atom is 0.238 e. The molecule has 0 fully saturated rings. The van der Waals surface area contributed by atoms with Gasteiger partial charge in [0.2, 0.25) is 11.8 Å². The highest BCUT2D eigenvalue weighted by atomic mass is 16.3. The SMILES string of the molecule is c1ccc(-c2nc3ccc(-c4nc(-c5cccc6oc7ccccc7c56)nc(-n5c6ccccc6c6ccccc65)n4)cc3o2)cc1. The second-order valence-corrected chi connectivity index (χ2v) is 11.5. The highest BCUT2D eigenvalue weighted by molar-refractivity contribution is 6.12. The third-order valence-electron chi connectivity index (χ3n) is 8.71. The third-order valence-corrected chi connectivity index (χ3v) is 8.71. The normalized spacial score (nSPS) is 11.8. The number of furan rings is 1. The summed E-state index contributed by atoms with van der Waals surface area (Å²) in [6.45, 7) is 0. The second-order valence-electron chi connectivity index (χ2n) is 11.5. The molecule has 0 N–H and O–H groups in total. The smallest absolute Gasteiger partial charge is 0.238 e. The van der Waals surface area contributed by atoms with Crippen molar-refractivity contribution in [2.45, 2.75) is 0 Å². The number of rotatable bonds is 4. The molecule has 7 heteroatoms. The first-order valence-corrected chi connectivity index (χ1v) is 15.4. The molecule has 4 heterocycles. The minimum Gasteiger partial charge on any atom is -0.456 e. The van der Waals surface area contributed by atoms with Gasteiger partial charge in [-0.1, -0.05) is 84.9 Å². The number of nitrogens with zero attached hydrogens (tertiary/aromatic N) is 5. The molecular formula is C40H23N5O2. The van der Waals surface area contributed by atoms with Crippen LogP contribution in [0.15, 0.2) is 148 Å². The van der Waals surface area contributed by atoms with E-state index in [4.69, 9.17) is 28.8 Å². The summed E-state index contributed by atoms with van der Waals surface area (Å²) < 4.78 is 14.6. The van der Waals surface area contributed by atoms with Gasteiger partial charge in [0.15, 0.2) is 17.2 Å². The summed E-state index contributed by atoms with van der Waals surface area (Å²) in [5.74, 6) is 2.16. The Morgan fingerprint density at radius 2 is 1.13 bits per heavy atom. The largest absolute Gasteiger partial charge is 0.456 e. The first-order chi connectivity index (χ1) is 23.3. The maximum absolute atomic E-state index is 6.24. The van der Waals surface area contributed by atoms with Crippen LogP contribution in [0.3, 0.4) is 0 Å². The van der Waals surface area contributed by atoms with Gasteiger partial charge in [-0.05, 0) is 54.6 Å². The Kier molecular flexibility index (Phi) is 5.44. The fourth-order valence-corrected chi connectivity index (χ4v) is 6.58. The number of hydrogen-bond acceptors (Lipinski definition) is 6. The van der Waals surface area contributed by atoms with Gasteiger partial charge >= 0.3 is 0 Å². The molecule has 0 aliphatic heterocycles. The molecule has 220 valence electrons. The lowest BCUT2D eigenvalue weighted by atomic mass is 10.1. The van der Waals surface area contributed by atoms with Crippen molar-refractivity contribution in [1.29, 1.82) is 0 Å². The zero-order valence-corrected chi connectivity index (χ0v) is 24.8. The number of hydrogen-bond donors (Lipinski definition) is 0. The Bertz CT molecular complexity index is 2760. The number of fused-ring (bicyclic) bond motifs is 7. The van der Waals surface area contributed by atoms with Gasteiger partial charge in [0, 0.05) is 38.2 Å². The topological polar surface area (TPSA) is 82.8 Å². The Hall–Kier alpha value is -6.60. The first kappa shape index (κ1) is 25.7. The van der Waals surface area contributed by atoms with Crippen LogP contribution in [0.1, 0.15) is 0 Å². The van der Waals surface area contributed by atoms with Crippen LogP contribution < -0.4 is 0 Å². The molecule has 0 bridgehead atoms. The van der Waals surface area contributed by atoms with Crippen LogP contribution in [-0.4, -0.2) is 24.5 Å². The Balaban J connectivity index is 1.25. The lowest BCUT2D eigenvalue weighted by molar-refractivity contribution is 0.620. The number of benzene rings is 6. The molecule has 10 rings (SSSR count). The summed E-state index contributed by atoms with van der Waals surface area (Å²) >= 11 is 0. The molecule has 0 radical (unpaired) electrons. The van der Waals surface area contributed by atoms with Gasteiger partial charge in [-0.15, -0.1) is 0 Å². The molecule has 0 aliphatic rings. The summed E-state index contributed by atoms with van der Waals surface area (Å²) in [5, 5.41) is 4.23. The zero-order chi connectivity index (χ0) is 30.9. The van der Waals surface area contributed by atoms with E-state index in [2.05, 4.69) is 47.0 Å². The first-order valence-electron chi connectivity index (χ1n) is 15.4. The van der Waals surface area contributed by atoms with Crippen molar-refractivity contribution in [1.82, 2.24) is 24.5 Å². The van der Waals surface area contributed by atoms with Crippen molar-refractivity contribution in [2.24, 2.45) is 0 Å². The standard InChI is InChI=1S/C40H23N5O2/c1-2-11-24(12-3-1)39-41-30-22-21-25(23-35(30)47-39)37-42-38(29-16-10-20-34-36(29)28-15-6-9-19-33(28)46-34)44-40(43-37)45-31-17-7-4-13-26(31)27-14-5-8-18-32(27)45/h1-23H. The molecule has 0 saturated heterocycles. The van der Waals surface area contributed by atoms with Crippen LogP contribution in [0.4, 0.5) is 0 Å². The van der Waals surface area contributed by atoms with Gasteiger partial charge in [-0.25, -0.2) is 9.97 Å². The molecule has 4 aromatic heterocycles. The van der Waals surface area contributed by atoms with E-state index in [0.717, 1.165) is 66.0 Å². The minimum atomic E-state index is 0.523. The Morgan fingerprint density at radius 3 is 1.94 bits per heavy atom. The molecule has 0 atom stereocenters. The summed E-state index contributed by atoms with van der Waals surface area (Å²) in [6.07, 6.45) is 0. The molecule has 0 saturated carbocycles. The van der Waals surface area contributed by atoms with Crippen molar-refractivity contribution in [3.8, 4) is 40.2 Å². The average molecular weight is 606 g/mol. The molecule has 47 heavy (non-hydrogen) atoms. The van der Waals surface area contributed by atoms with Crippen LogP contribution >= 0.6 is 0 Å². The molecule has 10 aromatic rings. The van der Waals surface area contributed by atoms with Crippen LogP contribution in [0.5, 0.6) is 0 Å². The predicted octanol–water partition coefficient (Wildman–Crippen LogP) is 10.0. The molecule has 0 unspecified atom stereocenters. The van der Waals surface area contributed by atoms with E-state index in [9.17, 15) is 0 Å². The lowest BCUT2D eigenvalue weighted by Crippen LogP contribution is -2.06. The molecule has 7 nitrogen and oxygen atoms in total. The van der Waals surface area contributed by atoms with Gasteiger partial charge in [0.25, 0.3) is 0 Å². The third kappa shape index (κ3) is 4.00. The van der Waals surface area contributed by atoms with Crippen LogP contribution in [0, 0.1) is 0 Å². The number of para-hydroxylation sites is 3. The summed E-state index contributed by atoms with van der Waals surface area (Å²) in [5.41, 5.74) is 7.63. The maximum atomic E-state index is 6.24. The average Bonchev–Trinajstić information content (AvgIpc) is 3.83. The minimum absolute atomic E-state index is 0.523. The lowest BCUT2D eigenvalue weighted by Gasteiger charge is -2.11. The highest BCUT2D eigenvalue weighted by Crippen LogP contribution is 2.37. The van der Waals surface area contributed by atoms with Crippen molar-refractivity contribution < 1.29 is 8.83 Å². The Labute approximate surface area is 267 Å². The fourth-order valence-electron chi connectivity index (χ4n) is 6.58. The van der Waals surface area contributed by atoms with Crippen molar-refractivity contribution >= 4 is 54.8 Å². The molecule has 6 aromatic carbocycles. The Morgan fingerprint density at radius 1 is 0.447 bits per heavy atom. The quantitative estimate of drug-likeness (QED) is 0.199. The van der Waals surface area contributed by atoms with E-state index in [1.54, 1.807) is 0 Å².